The summed E-state index contributed by atoms with van der Waals surface area (Å²) in [5.74, 6) is 1.32. The van der Waals surface area contributed by atoms with E-state index in [0.29, 0.717) is 18.2 Å². The molecule has 1 aliphatic heterocycles. The molecule has 1 saturated carbocycles. The standard InChI is InChI=1S/C16H15N5O/c22-12-6-10(11-7-18-15-9(11)2-1-5-17-15)13-14(8-3-4-8)20-21-16(13)19-12/h1-2,5,7-8,10H,3-4,6H2,(H,17,18)(H2,19,20,21,22). The molecule has 3 aromatic rings. The predicted octanol–water partition coefficient (Wildman–Crippen LogP) is 2.64. The van der Waals surface area contributed by atoms with Crippen LogP contribution in [0.25, 0.3) is 11.0 Å². The van der Waals surface area contributed by atoms with Crippen LogP contribution in [0.4, 0.5) is 5.82 Å². The van der Waals surface area contributed by atoms with Crippen molar-refractivity contribution in [2.24, 2.45) is 0 Å². The minimum atomic E-state index is 0.0181. The molecule has 3 aromatic heterocycles. The second-order valence-electron chi connectivity index (χ2n) is 6.12. The van der Waals surface area contributed by atoms with Crippen molar-refractivity contribution in [1.82, 2.24) is 20.2 Å². The maximum atomic E-state index is 12.1. The SMILES string of the molecule is O=C1CC(c2c[nH]c3ncccc23)c2c(n[nH]c2C2CC2)N1. The summed E-state index contributed by atoms with van der Waals surface area (Å²) in [4.78, 5) is 19.6. The van der Waals surface area contributed by atoms with Crippen molar-refractivity contribution in [1.29, 1.82) is 0 Å². The van der Waals surface area contributed by atoms with Crippen LogP contribution in [-0.2, 0) is 4.79 Å². The number of anilines is 1. The van der Waals surface area contributed by atoms with E-state index in [1.54, 1.807) is 6.20 Å². The Balaban J connectivity index is 1.72. The number of rotatable bonds is 2. The van der Waals surface area contributed by atoms with Gasteiger partial charge in [-0.15, -0.1) is 0 Å². The Bertz CT molecular complexity index is 889. The van der Waals surface area contributed by atoms with Crippen LogP contribution in [0.5, 0.6) is 0 Å². The Morgan fingerprint density at radius 3 is 3.05 bits per heavy atom. The Morgan fingerprint density at radius 1 is 1.27 bits per heavy atom. The van der Waals surface area contributed by atoms with Crippen LogP contribution in [0, 0.1) is 0 Å². The number of carbonyl (C=O) groups excluding carboxylic acids is 1. The molecule has 4 heterocycles. The van der Waals surface area contributed by atoms with Crippen molar-refractivity contribution < 1.29 is 4.79 Å². The minimum absolute atomic E-state index is 0.0181. The summed E-state index contributed by atoms with van der Waals surface area (Å²) in [6.45, 7) is 0. The van der Waals surface area contributed by atoms with Gasteiger partial charge in [-0.1, -0.05) is 0 Å². The van der Waals surface area contributed by atoms with E-state index in [2.05, 4.69) is 31.5 Å². The van der Waals surface area contributed by atoms with E-state index in [9.17, 15) is 4.79 Å². The van der Waals surface area contributed by atoms with E-state index >= 15 is 0 Å². The predicted molar refractivity (Wildman–Crippen MR) is 81.7 cm³/mol. The van der Waals surface area contributed by atoms with Gasteiger partial charge in [-0.05, 0) is 30.5 Å². The lowest BCUT2D eigenvalue weighted by Gasteiger charge is -2.22. The van der Waals surface area contributed by atoms with Crippen LogP contribution in [0.3, 0.4) is 0 Å². The van der Waals surface area contributed by atoms with Crippen molar-refractivity contribution in [3.63, 3.8) is 0 Å². The Kier molecular flexibility index (Phi) is 2.28. The molecular weight excluding hydrogens is 278 g/mol. The number of carbonyl (C=O) groups is 1. The molecule has 1 amide bonds. The average molecular weight is 293 g/mol. The number of amides is 1. The summed E-state index contributed by atoms with van der Waals surface area (Å²) in [7, 11) is 0. The Labute approximate surface area is 126 Å². The van der Waals surface area contributed by atoms with Crippen LogP contribution in [0.1, 0.15) is 47.9 Å². The highest BCUT2D eigenvalue weighted by Gasteiger charge is 2.37. The van der Waals surface area contributed by atoms with Crippen molar-refractivity contribution in [3.8, 4) is 0 Å². The number of fused-ring (bicyclic) bond motifs is 2. The minimum Gasteiger partial charge on any atom is -0.346 e. The van der Waals surface area contributed by atoms with E-state index in [0.717, 1.165) is 22.2 Å². The van der Waals surface area contributed by atoms with Gasteiger partial charge in [-0.2, -0.15) is 5.10 Å². The highest BCUT2D eigenvalue weighted by atomic mass is 16.1. The van der Waals surface area contributed by atoms with Crippen molar-refractivity contribution >= 4 is 22.8 Å². The van der Waals surface area contributed by atoms with Crippen LogP contribution in [0.2, 0.25) is 0 Å². The van der Waals surface area contributed by atoms with Crippen LogP contribution >= 0.6 is 0 Å². The molecule has 1 unspecified atom stereocenters. The second-order valence-corrected chi connectivity index (χ2v) is 6.12. The normalized spacial score (nSPS) is 20.9. The van der Waals surface area contributed by atoms with E-state index in [-0.39, 0.29) is 11.8 Å². The highest BCUT2D eigenvalue weighted by Crippen LogP contribution is 2.48. The number of pyridine rings is 1. The zero-order valence-corrected chi connectivity index (χ0v) is 11.9. The number of nitrogens with one attached hydrogen (secondary N) is 3. The van der Waals surface area contributed by atoms with Crippen molar-refractivity contribution in [2.45, 2.75) is 31.1 Å². The summed E-state index contributed by atoms with van der Waals surface area (Å²) >= 11 is 0. The third kappa shape index (κ3) is 1.63. The fraction of sp³-hybridized carbons (Fsp3) is 0.312. The number of aromatic amines is 2. The van der Waals surface area contributed by atoms with E-state index in [1.807, 2.05) is 12.3 Å². The Hall–Kier alpha value is -2.63. The number of nitrogens with zero attached hydrogens (tertiary/aromatic N) is 2. The molecule has 5 rings (SSSR count). The maximum Gasteiger partial charge on any atom is 0.226 e. The molecule has 110 valence electrons. The maximum absolute atomic E-state index is 12.1. The molecule has 0 aromatic carbocycles. The van der Waals surface area contributed by atoms with Gasteiger partial charge in [0.15, 0.2) is 5.82 Å². The highest BCUT2D eigenvalue weighted by molar-refractivity contribution is 5.95. The molecule has 1 fully saturated rings. The first-order chi connectivity index (χ1) is 10.8. The van der Waals surface area contributed by atoms with Crippen molar-refractivity contribution in [2.75, 3.05) is 5.32 Å². The molecule has 3 N–H and O–H groups in total. The van der Waals surface area contributed by atoms with Gasteiger partial charge in [-0.3, -0.25) is 9.89 Å². The number of hydrogen-bond donors (Lipinski definition) is 3. The number of hydrogen-bond acceptors (Lipinski definition) is 3. The first-order valence-corrected chi connectivity index (χ1v) is 7.61. The lowest BCUT2D eigenvalue weighted by atomic mass is 9.85. The summed E-state index contributed by atoms with van der Waals surface area (Å²) in [5.41, 5.74) is 4.34. The summed E-state index contributed by atoms with van der Waals surface area (Å²) in [6.07, 6.45) is 6.60. The topological polar surface area (TPSA) is 86.5 Å². The zero-order valence-electron chi connectivity index (χ0n) is 11.9. The zero-order chi connectivity index (χ0) is 14.7. The third-order valence-electron chi connectivity index (χ3n) is 4.67. The van der Waals surface area contributed by atoms with Gasteiger partial charge < -0.3 is 10.3 Å². The molecule has 2 aliphatic rings. The summed E-state index contributed by atoms with van der Waals surface area (Å²) in [5, 5.41) is 11.4. The van der Waals surface area contributed by atoms with E-state index in [1.165, 1.54) is 18.5 Å². The van der Waals surface area contributed by atoms with Crippen LogP contribution < -0.4 is 5.32 Å². The molecule has 0 bridgehead atoms. The molecule has 1 aliphatic carbocycles. The average Bonchev–Trinajstić information content (AvgIpc) is 3.14. The van der Waals surface area contributed by atoms with Gasteiger partial charge in [0.25, 0.3) is 0 Å². The molecule has 0 saturated heterocycles. The van der Waals surface area contributed by atoms with Gasteiger partial charge in [0, 0.05) is 47.3 Å². The summed E-state index contributed by atoms with van der Waals surface area (Å²) in [6, 6.07) is 3.98. The quantitative estimate of drug-likeness (QED) is 0.679. The smallest absolute Gasteiger partial charge is 0.226 e. The van der Waals surface area contributed by atoms with Crippen LogP contribution in [-0.4, -0.2) is 26.1 Å². The number of aromatic nitrogens is 4. The second kappa shape index (κ2) is 4.19. The third-order valence-corrected chi connectivity index (χ3v) is 4.67. The first-order valence-electron chi connectivity index (χ1n) is 7.61. The van der Waals surface area contributed by atoms with Crippen molar-refractivity contribution in [3.05, 3.63) is 41.3 Å². The Morgan fingerprint density at radius 2 is 2.18 bits per heavy atom. The van der Waals surface area contributed by atoms with Gasteiger partial charge in [0.05, 0.1) is 0 Å². The van der Waals surface area contributed by atoms with Gasteiger partial charge in [-0.25, -0.2) is 4.98 Å². The molecule has 6 heteroatoms. The van der Waals surface area contributed by atoms with Gasteiger partial charge in [0.2, 0.25) is 5.91 Å². The van der Waals surface area contributed by atoms with Gasteiger partial charge >= 0.3 is 0 Å². The molecule has 0 radical (unpaired) electrons. The molecular formula is C16H15N5O. The molecule has 22 heavy (non-hydrogen) atoms. The van der Waals surface area contributed by atoms with Gasteiger partial charge in [0.1, 0.15) is 5.65 Å². The monoisotopic (exact) mass is 293 g/mol. The fourth-order valence-electron chi connectivity index (χ4n) is 3.50. The first kappa shape index (κ1) is 12.0. The molecule has 0 spiro atoms. The lowest BCUT2D eigenvalue weighted by Crippen LogP contribution is -2.23. The van der Waals surface area contributed by atoms with Crippen LogP contribution in [0.15, 0.2) is 24.5 Å². The van der Waals surface area contributed by atoms with E-state index < -0.39 is 0 Å². The van der Waals surface area contributed by atoms with E-state index in [4.69, 9.17) is 0 Å². The lowest BCUT2D eigenvalue weighted by molar-refractivity contribution is -0.116. The molecule has 1 atom stereocenters. The molecule has 6 nitrogen and oxygen atoms in total. The number of H-pyrrole nitrogens is 2. The summed E-state index contributed by atoms with van der Waals surface area (Å²) < 4.78 is 0. The fourth-order valence-corrected chi connectivity index (χ4v) is 3.50. The largest absolute Gasteiger partial charge is 0.346 e.